The molecular weight excluding hydrogens is 286 g/mol. The first-order valence-corrected chi connectivity index (χ1v) is 9.30. The summed E-state index contributed by atoms with van der Waals surface area (Å²) in [5, 5.41) is 3.33. The van der Waals surface area contributed by atoms with Gasteiger partial charge in [0, 0.05) is 37.1 Å². The zero-order valence-corrected chi connectivity index (χ0v) is 14.2. The van der Waals surface area contributed by atoms with Crippen molar-refractivity contribution < 1.29 is 8.42 Å². The lowest BCUT2D eigenvalue weighted by atomic mass is 10.3. The average molecular weight is 313 g/mol. The quantitative estimate of drug-likeness (QED) is 0.772. The number of hydrogen-bond acceptors (Lipinski definition) is 3. The lowest BCUT2D eigenvalue weighted by molar-refractivity contribution is 0.561. The molecule has 0 saturated heterocycles. The summed E-state index contributed by atoms with van der Waals surface area (Å²) in [6, 6.07) is 2.28. The van der Waals surface area contributed by atoms with E-state index < -0.39 is 10.0 Å². The van der Waals surface area contributed by atoms with Gasteiger partial charge in [0.15, 0.2) is 0 Å². The van der Waals surface area contributed by atoms with Crippen LogP contribution in [0.3, 0.4) is 0 Å². The number of aromatic nitrogens is 1. The minimum atomic E-state index is -3.39. The minimum absolute atomic E-state index is 0.127. The standard InChI is InChI=1S/C15H27N3O2S/c1-5-12-7-15(12)17-21(19,20)14-8-13(9-16-11(3)4)18(6-2)10-14/h8,10-12,15-17H,5-7,9H2,1-4H3. The summed E-state index contributed by atoms with van der Waals surface area (Å²) in [5.41, 5.74) is 1.01. The van der Waals surface area contributed by atoms with Crippen molar-refractivity contribution in [3.05, 3.63) is 18.0 Å². The SMILES string of the molecule is CCC1CC1NS(=O)(=O)c1cc(CNC(C)C)n(CC)c1. The Morgan fingerprint density at radius 3 is 2.62 bits per heavy atom. The second-order valence-electron chi connectivity index (χ2n) is 6.12. The summed E-state index contributed by atoms with van der Waals surface area (Å²) in [4.78, 5) is 0.381. The van der Waals surface area contributed by atoms with Gasteiger partial charge < -0.3 is 9.88 Å². The average Bonchev–Trinajstić information content (AvgIpc) is 3.01. The third-order valence-corrected chi connectivity index (χ3v) is 5.51. The summed E-state index contributed by atoms with van der Waals surface area (Å²) >= 11 is 0. The molecule has 6 heteroatoms. The number of nitrogens with zero attached hydrogens (tertiary/aromatic N) is 1. The van der Waals surface area contributed by atoms with E-state index in [1.165, 1.54) is 0 Å². The number of sulfonamides is 1. The van der Waals surface area contributed by atoms with Crippen molar-refractivity contribution >= 4 is 10.0 Å². The number of hydrogen-bond donors (Lipinski definition) is 2. The van der Waals surface area contributed by atoms with E-state index >= 15 is 0 Å². The number of aryl methyl sites for hydroxylation is 1. The van der Waals surface area contributed by atoms with Crippen LogP contribution in [0.25, 0.3) is 0 Å². The molecule has 1 aromatic heterocycles. The Bertz CT molecular complexity index is 578. The summed E-state index contributed by atoms with van der Waals surface area (Å²) in [6.45, 7) is 9.74. The van der Waals surface area contributed by atoms with E-state index in [0.717, 1.165) is 25.1 Å². The van der Waals surface area contributed by atoms with Gasteiger partial charge in [0.2, 0.25) is 10.0 Å². The molecule has 1 aliphatic rings. The normalized spacial score (nSPS) is 22.0. The van der Waals surface area contributed by atoms with Crippen LogP contribution >= 0.6 is 0 Å². The molecule has 1 heterocycles. The van der Waals surface area contributed by atoms with Crippen LogP contribution in [0.5, 0.6) is 0 Å². The van der Waals surface area contributed by atoms with Gasteiger partial charge in [0.05, 0.1) is 4.90 Å². The second kappa shape index (κ2) is 6.50. The van der Waals surface area contributed by atoms with Crippen LogP contribution in [0.15, 0.2) is 17.2 Å². The predicted molar refractivity (Wildman–Crippen MR) is 84.6 cm³/mol. The zero-order chi connectivity index (χ0) is 15.6. The van der Waals surface area contributed by atoms with Gasteiger partial charge in [-0.3, -0.25) is 0 Å². The lowest BCUT2D eigenvalue weighted by Gasteiger charge is -2.09. The fraction of sp³-hybridized carbons (Fsp3) is 0.733. The fourth-order valence-electron chi connectivity index (χ4n) is 2.53. The molecule has 2 atom stereocenters. The van der Waals surface area contributed by atoms with Crippen LogP contribution < -0.4 is 10.0 Å². The molecule has 1 saturated carbocycles. The lowest BCUT2D eigenvalue weighted by Crippen LogP contribution is -2.26. The van der Waals surface area contributed by atoms with E-state index in [0.29, 0.717) is 23.4 Å². The molecule has 0 spiro atoms. The zero-order valence-electron chi connectivity index (χ0n) is 13.4. The Labute approximate surface area is 128 Å². The minimum Gasteiger partial charge on any atom is -0.349 e. The third-order valence-electron chi connectivity index (χ3n) is 4.06. The molecule has 0 aromatic carbocycles. The van der Waals surface area contributed by atoms with E-state index in [9.17, 15) is 8.42 Å². The first-order chi connectivity index (χ1) is 9.87. The van der Waals surface area contributed by atoms with Crippen LogP contribution in [-0.2, 0) is 23.1 Å². The molecule has 0 aliphatic heterocycles. The van der Waals surface area contributed by atoms with Gasteiger partial charge in [-0.05, 0) is 25.3 Å². The Hall–Kier alpha value is -0.850. The molecule has 0 radical (unpaired) electrons. The van der Waals surface area contributed by atoms with Gasteiger partial charge in [0.1, 0.15) is 0 Å². The van der Waals surface area contributed by atoms with Crippen LogP contribution in [0, 0.1) is 5.92 Å². The molecular formula is C15H27N3O2S. The molecule has 1 aromatic rings. The second-order valence-corrected chi connectivity index (χ2v) is 7.83. The van der Waals surface area contributed by atoms with Crippen LogP contribution in [0.4, 0.5) is 0 Å². The Balaban J connectivity index is 2.12. The smallest absolute Gasteiger partial charge is 0.242 e. The number of rotatable bonds is 8. The van der Waals surface area contributed by atoms with Gasteiger partial charge in [-0.15, -0.1) is 0 Å². The molecule has 2 rings (SSSR count). The molecule has 2 N–H and O–H groups in total. The molecule has 21 heavy (non-hydrogen) atoms. The van der Waals surface area contributed by atoms with Gasteiger partial charge in [-0.25, -0.2) is 13.1 Å². The van der Waals surface area contributed by atoms with E-state index in [1.807, 2.05) is 11.5 Å². The first kappa shape index (κ1) is 16.5. The van der Waals surface area contributed by atoms with Crippen molar-refractivity contribution in [3.63, 3.8) is 0 Å². The molecule has 120 valence electrons. The van der Waals surface area contributed by atoms with Crippen molar-refractivity contribution in [2.45, 2.75) is 70.6 Å². The highest BCUT2D eigenvalue weighted by Gasteiger charge is 2.38. The maximum atomic E-state index is 12.4. The van der Waals surface area contributed by atoms with Crippen molar-refractivity contribution in [1.82, 2.24) is 14.6 Å². The van der Waals surface area contributed by atoms with E-state index in [2.05, 4.69) is 30.8 Å². The highest BCUT2D eigenvalue weighted by molar-refractivity contribution is 7.89. The number of nitrogens with one attached hydrogen (secondary N) is 2. The molecule has 1 aliphatic carbocycles. The predicted octanol–water partition coefficient (Wildman–Crippen LogP) is 2.08. The first-order valence-electron chi connectivity index (χ1n) is 7.82. The summed E-state index contributed by atoms with van der Waals surface area (Å²) < 4.78 is 29.6. The third kappa shape index (κ3) is 4.08. The Morgan fingerprint density at radius 1 is 1.38 bits per heavy atom. The van der Waals surface area contributed by atoms with Crippen molar-refractivity contribution in [1.29, 1.82) is 0 Å². The maximum absolute atomic E-state index is 12.4. The van der Waals surface area contributed by atoms with Crippen molar-refractivity contribution in [2.24, 2.45) is 5.92 Å². The summed E-state index contributed by atoms with van der Waals surface area (Å²) in [7, 11) is -3.39. The van der Waals surface area contributed by atoms with Crippen LogP contribution in [0.1, 0.15) is 46.2 Å². The molecule has 5 nitrogen and oxygen atoms in total. The van der Waals surface area contributed by atoms with Crippen molar-refractivity contribution in [3.8, 4) is 0 Å². The molecule has 0 amide bonds. The highest BCUT2D eigenvalue weighted by atomic mass is 32.2. The Kier molecular flexibility index (Phi) is 5.11. The largest absolute Gasteiger partial charge is 0.349 e. The summed E-state index contributed by atoms with van der Waals surface area (Å²) in [5.74, 6) is 0.509. The van der Waals surface area contributed by atoms with Crippen LogP contribution in [0.2, 0.25) is 0 Å². The van der Waals surface area contributed by atoms with Crippen molar-refractivity contribution in [2.75, 3.05) is 0 Å². The van der Waals surface area contributed by atoms with Gasteiger partial charge in [-0.1, -0.05) is 27.2 Å². The topological polar surface area (TPSA) is 63.1 Å². The molecule has 1 fully saturated rings. The van der Waals surface area contributed by atoms with Gasteiger partial charge in [0.25, 0.3) is 0 Å². The van der Waals surface area contributed by atoms with E-state index in [-0.39, 0.29) is 6.04 Å². The van der Waals surface area contributed by atoms with Crippen LogP contribution in [-0.4, -0.2) is 25.1 Å². The van der Waals surface area contributed by atoms with E-state index in [4.69, 9.17) is 0 Å². The van der Waals surface area contributed by atoms with E-state index in [1.54, 1.807) is 12.3 Å². The Morgan fingerprint density at radius 2 is 2.10 bits per heavy atom. The fourth-order valence-corrected chi connectivity index (χ4v) is 3.91. The van der Waals surface area contributed by atoms with Gasteiger partial charge >= 0.3 is 0 Å². The molecule has 0 bridgehead atoms. The van der Waals surface area contributed by atoms with Gasteiger partial charge in [-0.2, -0.15) is 0 Å². The monoisotopic (exact) mass is 313 g/mol. The molecule has 2 unspecified atom stereocenters. The highest BCUT2D eigenvalue weighted by Crippen LogP contribution is 2.34. The maximum Gasteiger partial charge on any atom is 0.242 e. The summed E-state index contributed by atoms with van der Waals surface area (Å²) in [6.07, 6.45) is 3.74.